The summed E-state index contributed by atoms with van der Waals surface area (Å²) < 4.78 is 3.63. The fraction of sp³-hybridized carbons (Fsp3) is 0.222. The Hall–Kier alpha value is -2.66. The first-order valence-corrected chi connectivity index (χ1v) is 7.77. The molecule has 2 aromatic heterocycles. The molecule has 4 aromatic rings. The van der Waals surface area contributed by atoms with Crippen molar-refractivity contribution in [2.24, 2.45) is 12.8 Å². The van der Waals surface area contributed by atoms with Crippen LogP contribution in [0.2, 0.25) is 0 Å². The van der Waals surface area contributed by atoms with Gasteiger partial charge in [0.15, 0.2) is 0 Å². The zero-order chi connectivity index (χ0) is 16.0. The quantitative estimate of drug-likeness (QED) is 0.591. The van der Waals surface area contributed by atoms with Gasteiger partial charge in [0.1, 0.15) is 11.0 Å². The maximum absolute atomic E-state index is 12.9. The number of nitrogens with two attached hydrogens (primary N) is 1. The molecule has 4 rings (SSSR count). The third kappa shape index (κ3) is 2.04. The lowest BCUT2D eigenvalue weighted by Crippen LogP contribution is -2.23. The number of imidazole rings is 1. The van der Waals surface area contributed by atoms with Crippen LogP contribution in [0.15, 0.2) is 47.5 Å². The van der Waals surface area contributed by atoms with Crippen LogP contribution in [0.4, 0.5) is 0 Å². The Kier molecular flexibility index (Phi) is 3.16. The normalized spacial score (nSPS) is 11.7. The largest absolute Gasteiger partial charge is 0.330 e. The number of nitrogens with zero attached hydrogens (tertiary/aromatic N) is 3. The first-order chi connectivity index (χ1) is 11.2. The summed E-state index contributed by atoms with van der Waals surface area (Å²) in [7, 11) is 1.86. The fourth-order valence-corrected chi connectivity index (χ4v) is 3.23. The van der Waals surface area contributed by atoms with E-state index in [4.69, 9.17) is 5.73 Å². The van der Waals surface area contributed by atoms with E-state index in [9.17, 15) is 4.79 Å². The molecule has 0 atom stereocenters. The van der Waals surface area contributed by atoms with Gasteiger partial charge in [0.2, 0.25) is 0 Å². The highest BCUT2D eigenvalue weighted by Crippen LogP contribution is 2.27. The van der Waals surface area contributed by atoms with Crippen molar-refractivity contribution in [2.45, 2.75) is 13.0 Å². The van der Waals surface area contributed by atoms with E-state index in [0.29, 0.717) is 18.6 Å². The van der Waals surface area contributed by atoms with Gasteiger partial charge >= 0.3 is 0 Å². The number of fused-ring (bicyclic) bond motifs is 4. The average molecular weight is 306 g/mol. The first kappa shape index (κ1) is 14.0. The van der Waals surface area contributed by atoms with E-state index in [2.05, 4.69) is 29.2 Å². The van der Waals surface area contributed by atoms with Gasteiger partial charge in [-0.2, -0.15) is 0 Å². The van der Waals surface area contributed by atoms with E-state index >= 15 is 0 Å². The van der Waals surface area contributed by atoms with Crippen LogP contribution >= 0.6 is 0 Å². The molecule has 0 aliphatic heterocycles. The van der Waals surface area contributed by atoms with Crippen LogP contribution in [0, 0.1) is 0 Å². The van der Waals surface area contributed by atoms with Gasteiger partial charge < -0.3 is 14.9 Å². The summed E-state index contributed by atoms with van der Waals surface area (Å²) in [6, 6.07) is 12.4. The topological polar surface area (TPSA) is 65.8 Å². The molecule has 0 amide bonds. The van der Waals surface area contributed by atoms with Crippen LogP contribution in [0.25, 0.3) is 32.7 Å². The molecule has 2 heterocycles. The Morgan fingerprint density at radius 3 is 2.65 bits per heavy atom. The molecule has 0 radical (unpaired) electrons. The minimum atomic E-state index is -0.00349. The van der Waals surface area contributed by atoms with Crippen LogP contribution in [-0.4, -0.2) is 20.7 Å². The van der Waals surface area contributed by atoms with Crippen LogP contribution in [0.3, 0.4) is 0 Å². The molecule has 0 aliphatic rings. The Balaban J connectivity index is 2.21. The molecule has 0 bridgehead atoms. The molecule has 0 unspecified atom stereocenters. The zero-order valence-electron chi connectivity index (χ0n) is 13.0. The summed E-state index contributed by atoms with van der Waals surface area (Å²) in [6.07, 6.45) is 2.47. The summed E-state index contributed by atoms with van der Waals surface area (Å²) in [5.74, 6) is 0. The van der Waals surface area contributed by atoms with Crippen molar-refractivity contribution in [3.63, 3.8) is 0 Å². The van der Waals surface area contributed by atoms with Crippen LogP contribution in [0.1, 0.15) is 6.42 Å². The van der Waals surface area contributed by atoms with E-state index in [0.717, 1.165) is 33.6 Å². The van der Waals surface area contributed by atoms with Gasteiger partial charge in [0.05, 0.1) is 11.8 Å². The Labute approximate surface area is 133 Å². The summed E-state index contributed by atoms with van der Waals surface area (Å²) in [5.41, 5.74) is 7.98. The third-order valence-corrected chi connectivity index (χ3v) is 4.38. The van der Waals surface area contributed by atoms with Gasteiger partial charge in [0.25, 0.3) is 5.56 Å². The van der Waals surface area contributed by atoms with Crippen molar-refractivity contribution < 1.29 is 0 Å². The molecule has 5 nitrogen and oxygen atoms in total. The van der Waals surface area contributed by atoms with Gasteiger partial charge in [-0.1, -0.05) is 24.3 Å². The molecular formula is C18H18N4O. The summed E-state index contributed by atoms with van der Waals surface area (Å²) in [4.78, 5) is 17.4. The Bertz CT molecular complexity index is 1090. The third-order valence-electron chi connectivity index (χ3n) is 4.38. The number of aryl methyl sites for hydroxylation is 2. The molecule has 0 saturated carbocycles. The molecule has 23 heavy (non-hydrogen) atoms. The second kappa shape index (κ2) is 5.21. The summed E-state index contributed by atoms with van der Waals surface area (Å²) in [6.45, 7) is 1.18. The molecule has 2 N–H and O–H groups in total. The molecule has 0 fully saturated rings. The Morgan fingerprint density at radius 1 is 1.17 bits per heavy atom. The van der Waals surface area contributed by atoms with Crippen molar-refractivity contribution in [1.29, 1.82) is 0 Å². The lowest BCUT2D eigenvalue weighted by molar-refractivity contribution is 0.652. The number of benzene rings is 2. The molecule has 0 aliphatic carbocycles. The van der Waals surface area contributed by atoms with E-state index in [1.165, 1.54) is 0 Å². The van der Waals surface area contributed by atoms with Crippen molar-refractivity contribution in [2.75, 3.05) is 6.54 Å². The highest BCUT2D eigenvalue weighted by Gasteiger charge is 2.15. The molecule has 0 saturated heterocycles. The molecule has 0 spiro atoms. The van der Waals surface area contributed by atoms with E-state index in [1.807, 2.05) is 23.7 Å². The fourth-order valence-electron chi connectivity index (χ4n) is 3.23. The van der Waals surface area contributed by atoms with Crippen molar-refractivity contribution >= 4 is 32.7 Å². The Morgan fingerprint density at radius 2 is 1.91 bits per heavy atom. The predicted molar refractivity (Wildman–Crippen MR) is 93.7 cm³/mol. The summed E-state index contributed by atoms with van der Waals surface area (Å²) >= 11 is 0. The van der Waals surface area contributed by atoms with Gasteiger partial charge in [0, 0.05) is 19.0 Å². The van der Waals surface area contributed by atoms with E-state index < -0.39 is 0 Å². The maximum atomic E-state index is 12.9. The second-order valence-electron chi connectivity index (χ2n) is 5.87. The molecule has 116 valence electrons. The van der Waals surface area contributed by atoms with Crippen molar-refractivity contribution in [3.05, 3.63) is 53.1 Å². The minimum absolute atomic E-state index is 0.00349. The number of hydrogen-bond donors (Lipinski definition) is 1. The van der Waals surface area contributed by atoms with Crippen molar-refractivity contribution in [1.82, 2.24) is 14.1 Å². The number of hydrogen-bond acceptors (Lipinski definition) is 3. The lowest BCUT2D eigenvalue weighted by atomic mass is 10.1. The number of aromatic nitrogens is 3. The summed E-state index contributed by atoms with van der Waals surface area (Å²) in [5, 5.41) is 3.28. The molecule has 2 aromatic carbocycles. The van der Waals surface area contributed by atoms with E-state index in [-0.39, 0.29) is 5.56 Å². The van der Waals surface area contributed by atoms with Crippen LogP contribution in [0.5, 0.6) is 0 Å². The van der Waals surface area contributed by atoms with Gasteiger partial charge in [-0.05, 0) is 35.9 Å². The first-order valence-electron chi connectivity index (χ1n) is 7.77. The number of rotatable bonds is 3. The molecular weight excluding hydrogens is 288 g/mol. The smallest absolute Gasteiger partial charge is 0.277 e. The highest BCUT2D eigenvalue weighted by atomic mass is 16.1. The zero-order valence-corrected chi connectivity index (χ0v) is 13.0. The monoisotopic (exact) mass is 306 g/mol. The standard InChI is InChI=1S/C18H18N4O/c1-21-11-20-16-14-9-12-5-2-3-6-13(12)10-15(14)22(8-4-7-19)18(23)17(16)21/h2-3,5-6,9-11H,4,7-8,19H2,1H3. The average Bonchev–Trinajstić information content (AvgIpc) is 2.95. The van der Waals surface area contributed by atoms with Crippen LogP contribution < -0.4 is 11.3 Å². The van der Waals surface area contributed by atoms with Gasteiger partial charge in [-0.3, -0.25) is 4.79 Å². The second-order valence-corrected chi connectivity index (χ2v) is 5.87. The van der Waals surface area contributed by atoms with E-state index in [1.54, 1.807) is 10.9 Å². The minimum Gasteiger partial charge on any atom is -0.330 e. The van der Waals surface area contributed by atoms with Gasteiger partial charge in [-0.25, -0.2) is 4.98 Å². The van der Waals surface area contributed by atoms with Gasteiger partial charge in [-0.15, -0.1) is 0 Å². The van der Waals surface area contributed by atoms with Crippen LogP contribution in [-0.2, 0) is 13.6 Å². The van der Waals surface area contributed by atoms with Crippen molar-refractivity contribution in [3.8, 4) is 0 Å². The maximum Gasteiger partial charge on any atom is 0.277 e. The molecule has 5 heteroatoms. The number of pyridine rings is 1. The lowest BCUT2D eigenvalue weighted by Gasteiger charge is -2.12. The highest BCUT2D eigenvalue weighted by molar-refractivity contribution is 6.08. The SMILES string of the molecule is Cn1cnc2c3cc4ccccc4cc3n(CCCN)c(=O)c21. The predicted octanol–water partition coefficient (Wildman–Crippen LogP) is 2.39.